The Hall–Kier alpha value is -0.540. The van der Waals surface area contributed by atoms with Crippen LogP contribution in [0.25, 0.3) is 0 Å². The average Bonchev–Trinajstić information content (AvgIpc) is 2.37. The summed E-state index contributed by atoms with van der Waals surface area (Å²) in [5.74, 6) is 0. The second-order valence-electron chi connectivity index (χ2n) is 6.40. The summed E-state index contributed by atoms with van der Waals surface area (Å²) in [4.78, 5) is 5.10. The predicted molar refractivity (Wildman–Crippen MR) is 87.3 cm³/mol. The van der Waals surface area contributed by atoms with Crippen molar-refractivity contribution in [2.75, 3.05) is 31.1 Å². The van der Waals surface area contributed by atoms with Gasteiger partial charge in [-0.3, -0.25) is 4.90 Å². The fourth-order valence-corrected chi connectivity index (χ4v) is 3.12. The maximum Gasteiger partial charge on any atom is 0.0397 e. The predicted octanol–water partition coefficient (Wildman–Crippen LogP) is 3.81. The Morgan fingerprint density at radius 3 is 2.21 bits per heavy atom. The number of piperazine rings is 1. The van der Waals surface area contributed by atoms with Crippen LogP contribution >= 0.6 is 15.9 Å². The normalized spacial score (nSPS) is 17.8. The first-order valence-electron chi connectivity index (χ1n) is 7.07. The fraction of sp³-hybridized carbons (Fsp3) is 0.625. The molecule has 0 aromatic heterocycles. The van der Waals surface area contributed by atoms with Gasteiger partial charge < -0.3 is 4.90 Å². The summed E-state index contributed by atoms with van der Waals surface area (Å²) in [6.07, 6.45) is 0. The molecule has 1 aliphatic heterocycles. The van der Waals surface area contributed by atoms with Gasteiger partial charge in [0, 0.05) is 42.7 Å². The molecule has 0 spiro atoms. The Morgan fingerprint density at radius 2 is 1.74 bits per heavy atom. The van der Waals surface area contributed by atoms with E-state index >= 15 is 0 Å². The number of benzene rings is 1. The highest BCUT2D eigenvalue weighted by Crippen LogP contribution is 2.25. The summed E-state index contributed by atoms with van der Waals surface area (Å²) < 4.78 is 0. The van der Waals surface area contributed by atoms with Crippen LogP contribution < -0.4 is 4.90 Å². The van der Waals surface area contributed by atoms with E-state index in [9.17, 15) is 0 Å². The van der Waals surface area contributed by atoms with Gasteiger partial charge in [-0.2, -0.15) is 0 Å². The number of rotatable bonds is 2. The Morgan fingerprint density at radius 1 is 1.11 bits per heavy atom. The number of aryl methyl sites for hydroxylation is 1. The molecule has 0 atom stereocenters. The van der Waals surface area contributed by atoms with Crippen LogP contribution in [0.3, 0.4) is 0 Å². The third kappa shape index (κ3) is 3.51. The lowest BCUT2D eigenvalue weighted by Gasteiger charge is -2.43. The number of alkyl halides is 1. The summed E-state index contributed by atoms with van der Waals surface area (Å²) in [6, 6.07) is 6.80. The van der Waals surface area contributed by atoms with Gasteiger partial charge in [-0.25, -0.2) is 0 Å². The topological polar surface area (TPSA) is 6.48 Å². The van der Waals surface area contributed by atoms with Crippen molar-refractivity contribution in [2.45, 2.75) is 38.6 Å². The number of hydrogen-bond donors (Lipinski definition) is 0. The van der Waals surface area contributed by atoms with Gasteiger partial charge in [-0.05, 0) is 44.9 Å². The number of nitrogens with zero attached hydrogens (tertiary/aromatic N) is 2. The smallest absolute Gasteiger partial charge is 0.0397 e. The van der Waals surface area contributed by atoms with Crippen LogP contribution in [0.1, 0.15) is 31.9 Å². The van der Waals surface area contributed by atoms with Crippen molar-refractivity contribution in [3.8, 4) is 0 Å². The monoisotopic (exact) mass is 324 g/mol. The first kappa shape index (κ1) is 14.9. The van der Waals surface area contributed by atoms with Gasteiger partial charge in [0.2, 0.25) is 0 Å². The van der Waals surface area contributed by atoms with Gasteiger partial charge in [-0.1, -0.05) is 28.1 Å². The number of anilines is 1. The van der Waals surface area contributed by atoms with Gasteiger partial charge in [0.1, 0.15) is 0 Å². The van der Waals surface area contributed by atoms with Gasteiger partial charge in [0.05, 0.1) is 0 Å². The lowest BCUT2D eigenvalue weighted by molar-refractivity contribution is 0.128. The highest BCUT2D eigenvalue weighted by atomic mass is 79.9. The molecule has 0 radical (unpaired) electrons. The zero-order chi connectivity index (χ0) is 14.0. The van der Waals surface area contributed by atoms with E-state index < -0.39 is 0 Å². The van der Waals surface area contributed by atoms with Crippen molar-refractivity contribution in [2.24, 2.45) is 0 Å². The fourth-order valence-electron chi connectivity index (χ4n) is 2.77. The van der Waals surface area contributed by atoms with Crippen molar-refractivity contribution in [3.05, 3.63) is 29.3 Å². The van der Waals surface area contributed by atoms with E-state index in [4.69, 9.17) is 0 Å². The van der Waals surface area contributed by atoms with Crippen LogP contribution in [0.15, 0.2) is 18.2 Å². The first-order valence-corrected chi connectivity index (χ1v) is 8.19. The molecule has 0 N–H and O–H groups in total. The Bertz CT molecular complexity index is 429. The van der Waals surface area contributed by atoms with E-state index in [2.05, 4.69) is 71.6 Å². The Balaban J connectivity index is 2.06. The molecule has 0 amide bonds. The van der Waals surface area contributed by atoms with Crippen molar-refractivity contribution in [3.63, 3.8) is 0 Å². The molecule has 3 heteroatoms. The molecule has 1 aromatic carbocycles. The lowest BCUT2D eigenvalue weighted by Crippen LogP contribution is -2.53. The third-order valence-electron chi connectivity index (χ3n) is 3.98. The molecule has 1 heterocycles. The third-order valence-corrected chi connectivity index (χ3v) is 4.63. The molecule has 2 nitrogen and oxygen atoms in total. The minimum atomic E-state index is 0.293. The van der Waals surface area contributed by atoms with Crippen molar-refractivity contribution >= 4 is 21.6 Å². The Kier molecular flexibility index (Phi) is 4.57. The van der Waals surface area contributed by atoms with E-state index in [1.54, 1.807) is 0 Å². The molecule has 1 aromatic rings. The second-order valence-corrected chi connectivity index (χ2v) is 6.96. The quantitative estimate of drug-likeness (QED) is 0.763. The van der Waals surface area contributed by atoms with Crippen LogP contribution in [-0.2, 0) is 5.33 Å². The Labute approximate surface area is 125 Å². The number of hydrogen-bond acceptors (Lipinski definition) is 2. The lowest BCUT2D eigenvalue weighted by atomic mass is 10.0. The van der Waals surface area contributed by atoms with Crippen LogP contribution in [-0.4, -0.2) is 36.6 Å². The largest absolute Gasteiger partial charge is 0.369 e. The van der Waals surface area contributed by atoms with E-state index in [-0.39, 0.29) is 0 Å². The summed E-state index contributed by atoms with van der Waals surface area (Å²) in [5.41, 5.74) is 4.44. The number of halogens is 1. The first-order chi connectivity index (χ1) is 8.91. The molecule has 106 valence electrons. The van der Waals surface area contributed by atoms with Gasteiger partial charge in [-0.15, -0.1) is 0 Å². The van der Waals surface area contributed by atoms with Crippen LogP contribution in [0.4, 0.5) is 5.69 Å². The van der Waals surface area contributed by atoms with Gasteiger partial charge in [0.15, 0.2) is 0 Å². The van der Waals surface area contributed by atoms with Crippen molar-refractivity contribution in [1.82, 2.24) is 4.90 Å². The van der Waals surface area contributed by atoms with E-state index in [1.807, 2.05) is 0 Å². The SMILES string of the molecule is Cc1cc(CBr)ccc1N1CCN(C(C)(C)C)CC1. The van der Waals surface area contributed by atoms with E-state index in [0.29, 0.717) is 5.54 Å². The highest BCUT2D eigenvalue weighted by molar-refractivity contribution is 9.08. The molecule has 0 aliphatic carbocycles. The molecule has 2 rings (SSSR count). The summed E-state index contributed by atoms with van der Waals surface area (Å²) >= 11 is 3.52. The molecule has 1 saturated heterocycles. The van der Waals surface area contributed by atoms with Crippen molar-refractivity contribution in [1.29, 1.82) is 0 Å². The molecule has 0 unspecified atom stereocenters. The summed E-state index contributed by atoms with van der Waals surface area (Å²) in [6.45, 7) is 13.7. The molecule has 0 saturated carbocycles. The zero-order valence-corrected chi connectivity index (χ0v) is 14.1. The summed E-state index contributed by atoms with van der Waals surface area (Å²) in [5, 5.41) is 0.936. The molecule has 1 fully saturated rings. The maximum absolute atomic E-state index is 3.52. The van der Waals surface area contributed by atoms with Crippen molar-refractivity contribution < 1.29 is 0 Å². The van der Waals surface area contributed by atoms with Gasteiger partial charge >= 0.3 is 0 Å². The van der Waals surface area contributed by atoms with Gasteiger partial charge in [0.25, 0.3) is 0 Å². The molecular formula is C16H25BrN2. The minimum absolute atomic E-state index is 0.293. The highest BCUT2D eigenvalue weighted by Gasteiger charge is 2.26. The van der Waals surface area contributed by atoms with Crippen LogP contribution in [0.5, 0.6) is 0 Å². The van der Waals surface area contributed by atoms with E-state index in [0.717, 1.165) is 31.5 Å². The molecule has 19 heavy (non-hydrogen) atoms. The molecular weight excluding hydrogens is 300 g/mol. The standard InChI is InChI=1S/C16H25BrN2/c1-13-11-14(12-17)5-6-15(13)18-7-9-19(10-8-18)16(2,3)4/h5-6,11H,7-10,12H2,1-4H3. The minimum Gasteiger partial charge on any atom is -0.369 e. The summed E-state index contributed by atoms with van der Waals surface area (Å²) in [7, 11) is 0. The van der Waals surface area contributed by atoms with Crippen LogP contribution in [0, 0.1) is 6.92 Å². The molecule has 1 aliphatic rings. The van der Waals surface area contributed by atoms with Crippen LogP contribution in [0.2, 0.25) is 0 Å². The second kappa shape index (κ2) is 5.84. The average molecular weight is 325 g/mol. The van der Waals surface area contributed by atoms with E-state index in [1.165, 1.54) is 16.8 Å². The zero-order valence-electron chi connectivity index (χ0n) is 12.5. The maximum atomic E-state index is 3.52. The molecule has 0 bridgehead atoms.